The van der Waals surface area contributed by atoms with Crippen LogP contribution in [0.15, 0.2) is 24.3 Å². The van der Waals surface area contributed by atoms with Crippen molar-refractivity contribution in [3.05, 3.63) is 35.4 Å². The number of carbonyl (C=O) groups is 2. The monoisotopic (exact) mass is 317 g/mol. The number of amides is 1. The zero-order valence-electron chi connectivity index (χ0n) is 14.1. The van der Waals surface area contributed by atoms with Crippen molar-refractivity contribution in [1.82, 2.24) is 5.32 Å². The highest BCUT2D eigenvalue weighted by atomic mass is 16.5. The fraction of sp³-hybridized carbons (Fsp3) is 0.579. The average molecular weight is 317 g/mol. The molecule has 1 fully saturated rings. The Morgan fingerprint density at radius 2 is 1.83 bits per heavy atom. The van der Waals surface area contributed by atoms with Crippen molar-refractivity contribution in [2.75, 3.05) is 6.54 Å². The fourth-order valence-corrected chi connectivity index (χ4v) is 3.00. The molecule has 4 heteroatoms. The van der Waals surface area contributed by atoms with E-state index in [9.17, 15) is 9.59 Å². The molecule has 0 aliphatic heterocycles. The number of hydrogen-bond donors (Lipinski definition) is 1. The van der Waals surface area contributed by atoms with Gasteiger partial charge in [0.1, 0.15) is 0 Å². The van der Waals surface area contributed by atoms with E-state index in [2.05, 4.69) is 5.32 Å². The first-order chi connectivity index (χ1) is 11.1. The van der Waals surface area contributed by atoms with Gasteiger partial charge in [-0.3, -0.25) is 4.79 Å². The Balaban J connectivity index is 1.90. The molecule has 1 aliphatic rings. The van der Waals surface area contributed by atoms with Gasteiger partial charge in [-0.1, -0.05) is 38.3 Å². The summed E-state index contributed by atoms with van der Waals surface area (Å²) in [4.78, 5) is 23.9. The summed E-state index contributed by atoms with van der Waals surface area (Å²) in [6, 6.07) is 7.66. The van der Waals surface area contributed by atoms with Gasteiger partial charge in [0.15, 0.2) is 6.10 Å². The van der Waals surface area contributed by atoms with Gasteiger partial charge in [-0.2, -0.15) is 0 Å². The summed E-state index contributed by atoms with van der Waals surface area (Å²) in [7, 11) is 0. The third-order valence-electron chi connectivity index (χ3n) is 4.43. The van der Waals surface area contributed by atoms with Crippen molar-refractivity contribution in [2.45, 2.75) is 64.4 Å². The van der Waals surface area contributed by atoms with Crippen LogP contribution < -0.4 is 5.32 Å². The molecule has 0 heterocycles. The minimum absolute atomic E-state index is 0.251. The molecule has 4 nitrogen and oxygen atoms in total. The number of ether oxygens (including phenoxy) is 1. The van der Waals surface area contributed by atoms with Crippen LogP contribution >= 0.6 is 0 Å². The minimum Gasteiger partial charge on any atom is -0.449 e. The SMILES string of the molecule is CCCNC(=O)[C@H](C)OC(=O)c1ccc(C2CCCCC2)cc1. The van der Waals surface area contributed by atoms with Crippen molar-refractivity contribution in [3.8, 4) is 0 Å². The largest absolute Gasteiger partial charge is 0.449 e. The van der Waals surface area contributed by atoms with Crippen molar-refractivity contribution in [3.63, 3.8) is 0 Å². The second kappa shape index (κ2) is 8.70. The summed E-state index contributed by atoms with van der Waals surface area (Å²) in [5, 5.41) is 2.72. The van der Waals surface area contributed by atoms with E-state index in [-0.39, 0.29) is 5.91 Å². The van der Waals surface area contributed by atoms with Gasteiger partial charge in [-0.15, -0.1) is 0 Å². The van der Waals surface area contributed by atoms with Gasteiger partial charge in [0.25, 0.3) is 5.91 Å². The zero-order chi connectivity index (χ0) is 16.7. The van der Waals surface area contributed by atoms with Gasteiger partial charge in [-0.05, 0) is 49.8 Å². The molecule has 1 N–H and O–H groups in total. The Bertz CT molecular complexity index is 518. The molecule has 0 radical (unpaired) electrons. The summed E-state index contributed by atoms with van der Waals surface area (Å²) in [6.45, 7) is 4.17. The third kappa shape index (κ3) is 5.08. The second-order valence-corrected chi connectivity index (χ2v) is 6.30. The van der Waals surface area contributed by atoms with E-state index in [0.717, 1.165) is 6.42 Å². The molecule has 1 saturated carbocycles. The summed E-state index contributed by atoms with van der Waals surface area (Å²) in [6.07, 6.45) is 6.47. The van der Waals surface area contributed by atoms with E-state index in [1.165, 1.54) is 37.7 Å². The Kier molecular flexibility index (Phi) is 6.63. The Morgan fingerprint density at radius 3 is 2.43 bits per heavy atom. The first kappa shape index (κ1) is 17.5. The summed E-state index contributed by atoms with van der Waals surface area (Å²) >= 11 is 0. The molecule has 0 spiro atoms. The standard InChI is InChI=1S/C19H27NO3/c1-3-13-20-18(21)14(2)23-19(22)17-11-9-16(10-12-17)15-7-5-4-6-8-15/h9-12,14-15H,3-8,13H2,1-2H3,(H,20,21)/t14-/m0/s1. The molecule has 1 amide bonds. The molecular formula is C19H27NO3. The lowest BCUT2D eigenvalue weighted by atomic mass is 9.84. The molecule has 1 aromatic carbocycles. The summed E-state index contributed by atoms with van der Waals surface area (Å²) in [5.41, 5.74) is 1.80. The molecule has 0 unspecified atom stereocenters. The summed E-state index contributed by atoms with van der Waals surface area (Å²) < 4.78 is 5.23. The lowest BCUT2D eigenvalue weighted by Gasteiger charge is -2.22. The number of hydrogen-bond acceptors (Lipinski definition) is 3. The van der Waals surface area contributed by atoms with Crippen molar-refractivity contribution < 1.29 is 14.3 Å². The molecule has 2 rings (SSSR count). The van der Waals surface area contributed by atoms with E-state index in [4.69, 9.17) is 4.74 Å². The Labute approximate surface area is 138 Å². The molecule has 1 atom stereocenters. The van der Waals surface area contributed by atoms with Gasteiger partial charge in [0.2, 0.25) is 0 Å². The van der Waals surface area contributed by atoms with E-state index < -0.39 is 12.1 Å². The number of benzene rings is 1. The van der Waals surface area contributed by atoms with Crippen molar-refractivity contribution >= 4 is 11.9 Å². The molecule has 0 saturated heterocycles. The maximum Gasteiger partial charge on any atom is 0.338 e. The molecule has 1 aliphatic carbocycles. The quantitative estimate of drug-likeness (QED) is 0.812. The van der Waals surface area contributed by atoms with Crippen molar-refractivity contribution in [2.24, 2.45) is 0 Å². The van der Waals surface area contributed by atoms with Crippen LogP contribution in [0.25, 0.3) is 0 Å². The first-order valence-electron chi connectivity index (χ1n) is 8.70. The molecule has 1 aromatic rings. The summed E-state index contributed by atoms with van der Waals surface area (Å²) in [5.74, 6) is -0.0778. The highest BCUT2D eigenvalue weighted by Gasteiger charge is 2.19. The maximum absolute atomic E-state index is 12.1. The highest BCUT2D eigenvalue weighted by molar-refractivity contribution is 5.92. The minimum atomic E-state index is -0.771. The van der Waals surface area contributed by atoms with Crippen LogP contribution in [-0.4, -0.2) is 24.5 Å². The first-order valence-corrected chi connectivity index (χ1v) is 8.70. The van der Waals surface area contributed by atoms with Gasteiger partial charge >= 0.3 is 5.97 Å². The van der Waals surface area contributed by atoms with E-state index >= 15 is 0 Å². The number of rotatable bonds is 6. The highest BCUT2D eigenvalue weighted by Crippen LogP contribution is 2.32. The molecule has 23 heavy (non-hydrogen) atoms. The molecule has 0 bridgehead atoms. The van der Waals surface area contributed by atoms with Crippen LogP contribution in [0.5, 0.6) is 0 Å². The second-order valence-electron chi connectivity index (χ2n) is 6.30. The Hall–Kier alpha value is -1.84. The van der Waals surface area contributed by atoms with E-state index in [0.29, 0.717) is 18.0 Å². The van der Waals surface area contributed by atoms with Crippen LogP contribution in [0.4, 0.5) is 0 Å². The number of carbonyl (C=O) groups excluding carboxylic acids is 2. The van der Waals surface area contributed by atoms with Gasteiger partial charge in [0.05, 0.1) is 5.56 Å². The zero-order valence-corrected chi connectivity index (χ0v) is 14.1. The topological polar surface area (TPSA) is 55.4 Å². The van der Waals surface area contributed by atoms with Crippen molar-refractivity contribution in [1.29, 1.82) is 0 Å². The average Bonchev–Trinajstić information content (AvgIpc) is 2.60. The number of nitrogens with one attached hydrogen (secondary N) is 1. The smallest absolute Gasteiger partial charge is 0.338 e. The van der Waals surface area contributed by atoms with E-state index in [1.54, 1.807) is 6.92 Å². The van der Waals surface area contributed by atoms with Gasteiger partial charge < -0.3 is 10.1 Å². The molecule has 126 valence electrons. The predicted molar refractivity (Wildman–Crippen MR) is 90.4 cm³/mol. The lowest BCUT2D eigenvalue weighted by Crippen LogP contribution is -2.36. The molecule has 0 aromatic heterocycles. The fourth-order valence-electron chi connectivity index (χ4n) is 3.00. The van der Waals surface area contributed by atoms with Crippen LogP contribution in [0.1, 0.15) is 74.2 Å². The third-order valence-corrected chi connectivity index (χ3v) is 4.43. The number of esters is 1. The maximum atomic E-state index is 12.1. The molecular weight excluding hydrogens is 290 g/mol. The normalized spacial score (nSPS) is 16.6. The van der Waals surface area contributed by atoms with Gasteiger partial charge in [-0.25, -0.2) is 4.79 Å². The lowest BCUT2D eigenvalue weighted by molar-refractivity contribution is -0.129. The van der Waals surface area contributed by atoms with Crippen LogP contribution in [0, 0.1) is 0 Å². The Morgan fingerprint density at radius 1 is 1.17 bits per heavy atom. The van der Waals surface area contributed by atoms with Gasteiger partial charge in [0, 0.05) is 6.54 Å². The van der Waals surface area contributed by atoms with Crippen LogP contribution in [-0.2, 0) is 9.53 Å². The predicted octanol–water partition coefficient (Wildman–Crippen LogP) is 3.81. The van der Waals surface area contributed by atoms with Crippen LogP contribution in [0.3, 0.4) is 0 Å². The van der Waals surface area contributed by atoms with Crippen LogP contribution in [0.2, 0.25) is 0 Å². The van der Waals surface area contributed by atoms with E-state index in [1.807, 2.05) is 31.2 Å².